The van der Waals surface area contributed by atoms with Gasteiger partial charge in [-0.05, 0) is 42.5 Å². The van der Waals surface area contributed by atoms with Gasteiger partial charge < -0.3 is 14.5 Å². The average Bonchev–Trinajstić information content (AvgIpc) is 3.78. The first-order chi connectivity index (χ1) is 21.3. The fraction of sp³-hybridized carbons (Fsp3) is 0.0263. The summed E-state index contributed by atoms with van der Waals surface area (Å²) in [4.78, 5) is 5.12. The maximum atomic E-state index is 5.24. The van der Waals surface area contributed by atoms with E-state index in [9.17, 15) is 0 Å². The topological polar surface area (TPSA) is 36.3 Å². The number of para-hydroxylation sites is 4. The van der Waals surface area contributed by atoms with Gasteiger partial charge in [-0.1, -0.05) is 78.9 Å². The standard InChI is InChI=1S/C38H21N4S/c1-5-14-29-24(9-1)34-30(41(29)21-16-17-23-22-8-2-6-15-32(22)43-33(23)20-21)18-19-31-35(34)25-10-7-11-26-36-38(42(31)37(25)26)40-28-13-4-3-12-27(28)39-36/h1-20,38H/q-1. The van der Waals surface area contributed by atoms with E-state index in [1.54, 1.807) is 0 Å². The van der Waals surface area contributed by atoms with Crippen LogP contribution in [0.3, 0.4) is 0 Å². The molecule has 0 aliphatic carbocycles. The molecule has 1 unspecified atom stereocenters. The van der Waals surface area contributed by atoms with E-state index in [0.717, 1.165) is 17.1 Å². The van der Waals surface area contributed by atoms with Crippen LogP contribution < -0.4 is 0 Å². The second-order valence-electron chi connectivity index (χ2n) is 11.5. The minimum Gasteiger partial charge on any atom is -0.658 e. The molecule has 9 aromatic rings. The molecule has 0 amide bonds. The summed E-state index contributed by atoms with van der Waals surface area (Å²) < 4.78 is 7.51. The lowest BCUT2D eigenvalue weighted by Gasteiger charge is -2.37. The highest BCUT2D eigenvalue weighted by Gasteiger charge is 2.31. The molecular weight excluding hydrogens is 545 g/mol. The number of benzene rings is 6. The van der Waals surface area contributed by atoms with Gasteiger partial charge in [-0.25, -0.2) is 0 Å². The molecule has 0 radical (unpaired) electrons. The van der Waals surface area contributed by atoms with Gasteiger partial charge in [0.25, 0.3) is 0 Å². The van der Waals surface area contributed by atoms with Crippen molar-refractivity contribution < 1.29 is 0 Å². The second kappa shape index (κ2) is 7.71. The number of nitrogens with zero attached hydrogens (tertiary/aromatic N) is 4. The maximum absolute atomic E-state index is 5.24. The Balaban J connectivity index is 1.24. The molecule has 5 heteroatoms. The summed E-state index contributed by atoms with van der Waals surface area (Å²) in [6.07, 6.45) is -0.159. The van der Waals surface area contributed by atoms with Crippen LogP contribution >= 0.6 is 11.3 Å². The van der Waals surface area contributed by atoms with E-state index < -0.39 is 0 Å². The first kappa shape index (κ1) is 22.2. The smallest absolute Gasteiger partial charge is 0.0575 e. The molecule has 4 nitrogen and oxygen atoms in total. The fourth-order valence-electron chi connectivity index (χ4n) is 7.67. The van der Waals surface area contributed by atoms with Gasteiger partial charge in [0.15, 0.2) is 0 Å². The Hall–Kier alpha value is -5.39. The Morgan fingerprint density at radius 2 is 1.37 bits per heavy atom. The van der Waals surface area contributed by atoms with Gasteiger partial charge in [-0.2, -0.15) is 0 Å². The molecule has 3 aromatic heterocycles. The number of hydrogen-bond donors (Lipinski definition) is 0. The van der Waals surface area contributed by atoms with Crippen LogP contribution in [0.4, 0.5) is 11.4 Å². The van der Waals surface area contributed by atoms with E-state index in [1.165, 1.54) is 75.0 Å². The minimum absolute atomic E-state index is 0.159. The molecule has 0 saturated carbocycles. The molecule has 6 aromatic carbocycles. The fourth-order valence-corrected chi connectivity index (χ4v) is 8.81. The third-order valence-electron chi connectivity index (χ3n) is 9.39. The van der Waals surface area contributed by atoms with Crippen molar-refractivity contribution in [1.82, 2.24) is 9.13 Å². The van der Waals surface area contributed by atoms with Crippen molar-refractivity contribution in [2.24, 2.45) is 4.99 Å². The maximum Gasteiger partial charge on any atom is 0.0575 e. The summed E-state index contributed by atoms with van der Waals surface area (Å²) in [5.41, 5.74) is 10.2. The van der Waals surface area contributed by atoms with Gasteiger partial charge in [0.1, 0.15) is 0 Å². The number of hydrogen-bond acceptors (Lipinski definition) is 2. The largest absolute Gasteiger partial charge is 0.658 e. The van der Waals surface area contributed by atoms with Crippen LogP contribution in [0, 0.1) is 0 Å². The van der Waals surface area contributed by atoms with E-state index in [2.05, 4.69) is 118 Å². The van der Waals surface area contributed by atoms with Crippen LogP contribution in [0.25, 0.3) is 74.8 Å². The van der Waals surface area contributed by atoms with Crippen molar-refractivity contribution in [3.05, 3.63) is 132 Å². The van der Waals surface area contributed by atoms with Gasteiger partial charge in [-0.15, -0.1) is 17.0 Å². The number of thiophene rings is 1. The third-order valence-corrected chi connectivity index (χ3v) is 10.5. The van der Waals surface area contributed by atoms with Crippen molar-refractivity contribution in [2.45, 2.75) is 6.17 Å². The van der Waals surface area contributed by atoms with Crippen molar-refractivity contribution in [3.8, 4) is 5.69 Å². The van der Waals surface area contributed by atoms with Crippen LogP contribution in [0.5, 0.6) is 0 Å². The zero-order valence-electron chi connectivity index (χ0n) is 22.8. The molecule has 11 rings (SSSR count). The number of fused-ring (bicyclic) bond motifs is 14. The van der Waals surface area contributed by atoms with Gasteiger partial charge in [0.05, 0.1) is 22.3 Å². The van der Waals surface area contributed by atoms with E-state index in [4.69, 9.17) is 10.3 Å². The lowest BCUT2D eigenvalue weighted by atomic mass is 10.0. The van der Waals surface area contributed by atoms with E-state index >= 15 is 0 Å². The first-order valence-electron chi connectivity index (χ1n) is 14.6. The zero-order chi connectivity index (χ0) is 27.8. The molecule has 0 saturated heterocycles. The molecule has 5 heterocycles. The second-order valence-corrected chi connectivity index (χ2v) is 12.6. The quantitative estimate of drug-likeness (QED) is 0.190. The average molecular weight is 566 g/mol. The highest BCUT2D eigenvalue weighted by molar-refractivity contribution is 7.25. The van der Waals surface area contributed by atoms with Crippen LogP contribution in [-0.2, 0) is 0 Å². The van der Waals surface area contributed by atoms with Gasteiger partial charge >= 0.3 is 0 Å². The van der Waals surface area contributed by atoms with Crippen molar-refractivity contribution >= 4 is 92.2 Å². The van der Waals surface area contributed by atoms with Crippen LogP contribution in [-0.4, -0.2) is 14.8 Å². The van der Waals surface area contributed by atoms with Crippen molar-refractivity contribution in [1.29, 1.82) is 0 Å². The Morgan fingerprint density at radius 1 is 0.605 bits per heavy atom. The SMILES string of the molecule is c1ccc2c(c1)N=C1c3cccc4c5c6c7ccccc7n(-c7ccc8c(c7)sc7ccccc78)c6ccc5n(c34)C1[N-]2. The number of aliphatic imine (C=N–C) groups is 1. The molecule has 0 bridgehead atoms. The zero-order valence-corrected chi connectivity index (χ0v) is 23.6. The third kappa shape index (κ3) is 2.69. The Labute approximate surface area is 249 Å². The predicted octanol–water partition coefficient (Wildman–Crippen LogP) is 10.9. The lowest BCUT2D eigenvalue weighted by Crippen LogP contribution is -2.14. The summed E-state index contributed by atoms with van der Waals surface area (Å²) in [6, 6.07) is 44.0. The monoisotopic (exact) mass is 565 g/mol. The Bertz CT molecular complexity index is 2720. The molecule has 2 aliphatic heterocycles. The lowest BCUT2D eigenvalue weighted by molar-refractivity contribution is 0.814. The highest BCUT2D eigenvalue weighted by atomic mass is 32.1. The molecule has 0 spiro atoms. The Kier molecular flexibility index (Phi) is 3.99. The molecule has 200 valence electrons. The highest BCUT2D eigenvalue weighted by Crippen LogP contribution is 2.52. The number of aromatic nitrogens is 2. The van der Waals surface area contributed by atoms with Gasteiger partial charge in [0.2, 0.25) is 0 Å². The molecule has 43 heavy (non-hydrogen) atoms. The molecule has 1 atom stereocenters. The molecular formula is C38H21N4S-. The van der Waals surface area contributed by atoms with Gasteiger partial charge in [-0.3, -0.25) is 4.99 Å². The summed E-state index contributed by atoms with van der Waals surface area (Å²) in [7, 11) is 0. The van der Waals surface area contributed by atoms with E-state index in [-0.39, 0.29) is 6.17 Å². The summed E-state index contributed by atoms with van der Waals surface area (Å²) in [5, 5.41) is 13.0. The summed E-state index contributed by atoms with van der Waals surface area (Å²) in [6.45, 7) is 0. The van der Waals surface area contributed by atoms with Crippen molar-refractivity contribution in [2.75, 3.05) is 0 Å². The molecule has 0 N–H and O–H groups in total. The predicted molar refractivity (Wildman–Crippen MR) is 181 cm³/mol. The minimum atomic E-state index is -0.159. The van der Waals surface area contributed by atoms with Crippen LogP contribution in [0.15, 0.2) is 126 Å². The Morgan fingerprint density at radius 3 is 2.35 bits per heavy atom. The van der Waals surface area contributed by atoms with E-state index in [0.29, 0.717) is 0 Å². The van der Waals surface area contributed by atoms with Crippen molar-refractivity contribution in [3.63, 3.8) is 0 Å². The van der Waals surface area contributed by atoms with Crippen LogP contribution in [0.2, 0.25) is 0 Å². The number of rotatable bonds is 1. The van der Waals surface area contributed by atoms with Gasteiger partial charge in [0, 0.05) is 70.3 Å². The van der Waals surface area contributed by atoms with E-state index in [1.807, 2.05) is 23.5 Å². The summed E-state index contributed by atoms with van der Waals surface area (Å²) >= 11 is 1.87. The normalized spacial score (nSPS) is 15.5. The summed E-state index contributed by atoms with van der Waals surface area (Å²) in [5.74, 6) is 0. The van der Waals surface area contributed by atoms with Crippen LogP contribution in [0.1, 0.15) is 11.7 Å². The molecule has 0 fully saturated rings. The molecule has 2 aliphatic rings. The first-order valence-corrected chi connectivity index (χ1v) is 15.4.